The van der Waals surface area contributed by atoms with Crippen LogP contribution in [0.2, 0.25) is 0 Å². The van der Waals surface area contributed by atoms with Crippen molar-refractivity contribution in [2.24, 2.45) is 5.73 Å². The van der Waals surface area contributed by atoms with E-state index in [2.05, 4.69) is 5.32 Å². The molecule has 0 aromatic heterocycles. The molecule has 18 heavy (non-hydrogen) atoms. The number of amides is 1. The average molecular weight is 271 g/mol. The molecule has 0 saturated carbocycles. The molecule has 0 aliphatic heterocycles. The second-order valence-corrected chi connectivity index (χ2v) is 4.21. The van der Waals surface area contributed by atoms with Gasteiger partial charge < -0.3 is 16.2 Å². The monoisotopic (exact) mass is 270 g/mol. The first-order chi connectivity index (χ1) is 8.52. The molecule has 6 heteroatoms. The lowest BCUT2D eigenvalue weighted by atomic mass is 10.1. The molecule has 4 N–H and O–H groups in total. The van der Waals surface area contributed by atoms with Crippen LogP contribution in [0.25, 0.3) is 0 Å². The molecule has 0 heterocycles. The van der Waals surface area contributed by atoms with Crippen LogP contribution in [-0.2, 0) is 16.0 Å². The molecule has 0 aliphatic carbocycles. The number of alkyl halides is 1. The van der Waals surface area contributed by atoms with Gasteiger partial charge in [0, 0.05) is 18.0 Å². The third-order valence-electron chi connectivity index (χ3n) is 2.31. The fourth-order valence-corrected chi connectivity index (χ4v) is 1.60. The normalized spacial score (nSPS) is 11.9. The van der Waals surface area contributed by atoms with Gasteiger partial charge in [-0.2, -0.15) is 0 Å². The minimum absolute atomic E-state index is 0.176. The molecular weight excluding hydrogens is 256 g/mol. The van der Waals surface area contributed by atoms with Crippen molar-refractivity contribution in [1.82, 2.24) is 0 Å². The molecule has 0 fully saturated rings. The average Bonchev–Trinajstić information content (AvgIpc) is 2.29. The van der Waals surface area contributed by atoms with Crippen LogP contribution in [0.5, 0.6) is 0 Å². The Morgan fingerprint density at radius 3 is 2.78 bits per heavy atom. The quantitative estimate of drug-likeness (QED) is 0.678. The summed E-state index contributed by atoms with van der Waals surface area (Å²) < 4.78 is 0. The summed E-state index contributed by atoms with van der Waals surface area (Å²) >= 11 is 5.45. The molecule has 1 unspecified atom stereocenters. The van der Waals surface area contributed by atoms with E-state index in [1.807, 2.05) is 0 Å². The van der Waals surface area contributed by atoms with Gasteiger partial charge in [-0.05, 0) is 24.1 Å². The predicted octanol–water partition coefficient (Wildman–Crippen LogP) is 1.21. The highest BCUT2D eigenvalue weighted by atomic mass is 35.5. The largest absolute Gasteiger partial charge is 0.480 e. The number of carbonyl (C=O) groups is 2. The number of rotatable bonds is 6. The van der Waals surface area contributed by atoms with Gasteiger partial charge >= 0.3 is 5.97 Å². The van der Waals surface area contributed by atoms with Crippen molar-refractivity contribution in [3.8, 4) is 0 Å². The minimum Gasteiger partial charge on any atom is -0.480 e. The number of carboxylic acid groups (broad SMARTS) is 1. The molecule has 1 atom stereocenters. The summed E-state index contributed by atoms with van der Waals surface area (Å²) in [4.78, 5) is 22.0. The highest BCUT2D eigenvalue weighted by molar-refractivity contribution is 6.19. The van der Waals surface area contributed by atoms with E-state index in [1.54, 1.807) is 24.3 Å². The maximum Gasteiger partial charge on any atom is 0.320 e. The summed E-state index contributed by atoms with van der Waals surface area (Å²) in [5, 5.41) is 11.4. The van der Waals surface area contributed by atoms with Crippen LogP contribution in [0.1, 0.15) is 12.0 Å². The van der Waals surface area contributed by atoms with E-state index in [9.17, 15) is 9.59 Å². The first-order valence-electron chi connectivity index (χ1n) is 5.46. The van der Waals surface area contributed by atoms with Gasteiger partial charge in [-0.15, -0.1) is 11.6 Å². The molecule has 1 amide bonds. The number of carboxylic acids is 1. The first-order valence-corrected chi connectivity index (χ1v) is 5.99. The van der Waals surface area contributed by atoms with Crippen LogP contribution in [0.15, 0.2) is 24.3 Å². The van der Waals surface area contributed by atoms with Crippen molar-refractivity contribution in [1.29, 1.82) is 0 Å². The highest BCUT2D eigenvalue weighted by Crippen LogP contribution is 2.12. The van der Waals surface area contributed by atoms with Crippen molar-refractivity contribution in [2.75, 3.05) is 11.2 Å². The summed E-state index contributed by atoms with van der Waals surface area (Å²) in [6.07, 6.45) is 0.453. The van der Waals surface area contributed by atoms with Crippen LogP contribution < -0.4 is 11.1 Å². The van der Waals surface area contributed by atoms with Crippen molar-refractivity contribution in [3.05, 3.63) is 29.8 Å². The van der Waals surface area contributed by atoms with E-state index < -0.39 is 12.0 Å². The Hall–Kier alpha value is -1.59. The van der Waals surface area contributed by atoms with E-state index in [0.717, 1.165) is 5.56 Å². The van der Waals surface area contributed by atoms with Gasteiger partial charge in [0.2, 0.25) is 5.91 Å². The molecule has 0 saturated heterocycles. The number of hydrogen-bond donors (Lipinski definition) is 3. The van der Waals surface area contributed by atoms with E-state index in [4.69, 9.17) is 22.4 Å². The van der Waals surface area contributed by atoms with Crippen molar-refractivity contribution >= 4 is 29.2 Å². The summed E-state index contributed by atoms with van der Waals surface area (Å²) in [5.74, 6) is -0.966. The number of hydrogen-bond acceptors (Lipinski definition) is 3. The third-order valence-corrected chi connectivity index (χ3v) is 2.49. The van der Waals surface area contributed by atoms with Crippen molar-refractivity contribution in [3.63, 3.8) is 0 Å². The number of benzene rings is 1. The Morgan fingerprint density at radius 2 is 2.17 bits per heavy atom. The Balaban J connectivity index is 2.67. The molecule has 98 valence electrons. The van der Waals surface area contributed by atoms with Gasteiger partial charge in [-0.25, -0.2) is 0 Å². The SMILES string of the molecule is NC(Cc1cccc(NC(=O)CCCl)c1)C(=O)O. The zero-order valence-corrected chi connectivity index (χ0v) is 10.5. The van der Waals surface area contributed by atoms with Crippen LogP contribution in [-0.4, -0.2) is 28.9 Å². The number of nitrogens with one attached hydrogen (secondary N) is 1. The maximum absolute atomic E-state index is 11.3. The van der Waals surface area contributed by atoms with Crippen LogP contribution >= 0.6 is 11.6 Å². The maximum atomic E-state index is 11.3. The molecule has 0 spiro atoms. The van der Waals surface area contributed by atoms with Gasteiger partial charge in [-0.1, -0.05) is 12.1 Å². The van der Waals surface area contributed by atoms with Crippen molar-refractivity contribution < 1.29 is 14.7 Å². The zero-order chi connectivity index (χ0) is 13.5. The summed E-state index contributed by atoms with van der Waals surface area (Å²) in [5.41, 5.74) is 6.81. The van der Waals surface area contributed by atoms with Crippen LogP contribution in [0.4, 0.5) is 5.69 Å². The van der Waals surface area contributed by atoms with E-state index in [-0.39, 0.29) is 24.6 Å². The summed E-state index contributed by atoms with van der Waals surface area (Å²) in [7, 11) is 0. The standard InChI is InChI=1S/C12H15ClN2O3/c13-5-4-11(16)15-9-3-1-2-8(6-9)7-10(14)12(17)18/h1-3,6,10H,4-5,7,14H2,(H,15,16)(H,17,18). The first kappa shape index (κ1) is 14.5. The van der Waals surface area contributed by atoms with Gasteiger partial charge in [0.1, 0.15) is 6.04 Å². The fraction of sp³-hybridized carbons (Fsp3) is 0.333. The van der Waals surface area contributed by atoms with E-state index >= 15 is 0 Å². The second-order valence-electron chi connectivity index (χ2n) is 3.84. The Kier molecular flexibility index (Phi) is 5.61. The third kappa shape index (κ3) is 4.73. The Morgan fingerprint density at radius 1 is 1.44 bits per heavy atom. The lowest BCUT2D eigenvalue weighted by Gasteiger charge is -2.09. The fourth-order valence-electron chi connectivity index (χ4n) is 1.43. The summed E-state index contributed by atoms with van der Waals surface area (Å²) in [6, 6.07) is 5.98. The molecule has 5 nitrogen and oxygen atoms in total. The highest BCUT2D eigenvalue weighted by Gasteiger charge is 2.12. The number of nitrogens with two attached hydrogens (primary N) is 1. The van der Waals surface area contributed by atoms with Gasteiger partial charge in [0.25, 0.3) is 0 Å². The molecular formula is C12H15ClN2O3. The number of carbonyl (C=O) groups excluding carboxylic acids is 1. The van der Waals surface area contributed by atoms with Crippen LogP contribution in [0, 0.1) is 0 Å². The summed E-state index contributed by atoms with van der Waals surface area (Å²) in [6.45, 7) is 0. The molecule has 0 aliphatic rings. The van der Waals surface area contributed by atoms with Gasteiger partial charge in [0.05, 0.1) is 0 Å². The van der Waals surface area contributed by atoms with Gasteiger partial charge in [0.15, 0.2) is 0 Å². The predicted molar refractivity (Wildman–Crippen MR) is 69.7 cm³/mol. The minimum atomic E-state index is -1.05. The smallest absolute Gasteiger partial charge is 0.320 e. The molecule has 0 radical (unpaired) electrons. The number of halogens is 1. The van der Waals surface area contributed by atoms with Crippen LogP contribution in [0.3, 0.4) is 0 Å². The van der Waals surface area contributed by atoms with Gasteiger partial charge in [-0.3, -0.25) is 9.59 Å². The van der Waals surface area contributed by atoms with Crippen molar-refractivity contribution in [2.45, 2.75) is 18.9 Å². The molecule has 0 bridgehead atoms. The lowest BCUT2D eigenvalue weighted by Crippen LogP contribution is -2.32. The molecule has 1 rings (SSSR count). The van der Waals surface area contributed by atoms with E-state index in [0.29, 0.717) is 5.69 Å². The zero-order valence-electron chi connectivity index (χ0n) is 9.73. The topological polar surface area (TPSA) is 92.4 Å². The Bertz CT molecular complexity index is 437. The Labute approximate surface area is 110 Å². The number of anilines is 1. The van der Waals surface area contributed by atoms with E-state index in [1.165, 1.54) is 0 Å². The second kappa shape index (κ2) is 6.98. The number of aliphatic carboxylic acids is 1. The lowest BCUT2D eigenvalue weighted by molar-refractivity contribution is -0.138. The molecule has 1 aromatic carbocycles. The molecule has 1 aromatic rings.